The lowest BCUT2D eigenvalue weighted by atomic mass is 10.3. The van der Waals surface area contributed by atoms with Crippen LogP contribution in [0.25, 0.3) is 0 Å². The van der Waals surface area contributed by atoms with E-state index in [9.17, 15) is 0 Å². The van der Waals surface area contributed by atoms with Gasteiger partial charge in [-0.1, -0.05) is 6.92 Å². The van der Waals surface area contributed by atoms with Gasteiger partial charge in [0, 0.05) is 19.6 Å². The molecule has 1 aliphatic rings. The summed E-state index contributed by atoms with van der Waals surface area (Å²) in [4.78, 5) is 11.2. The van der Waals surface area contributed by atoms with Crippen molar-refractivity contribution in [2.24, 2.45) is 5.92 Å². The van der Waals surface area contributed by atoms with Crippen molar-refractivity contribution in [3.05, 3.63) is 12.4 Å². The van der Waals surface area contributed by atoms with Crippen LogP contribution in [0.1, 0.15) is 33.1 Å². The van der Waals surface area contributed by atoms with Crippen LogP contribution in [0.3, 0.4) is 0 Å². The van der Waals surface area contributed by atoms with Crippen LogP contribution in [0.2, 0.25) is 0 Å². The molecule has 4 heteroatoms. The van der Waals surface area contributed by atoms with E-state index in [1.54, 1.807) is 6.20 Å². The van der Waals surface area contributed by atoms with Crippen LogP contribution >= 0.6 is 0 Å². The number of nitrogens with zero attached hydrogens (tertiary/aromatic N) is 3. The molecule has 17 heavy (non-hydrogen) atoms. The molecule has 0 saturated heterocycles. The molecule has 1 heterocycles. The first kappa shape index (κ1) is 12.1. The Bertz CT molecular complexity index is 349. The van der Waals surface area contributed by atoms with Gasteiger partial charge in [-0.05, 0) is 32.1 Å². The van der Waals surface area contributed by atoms with E-state index >= 15 is 0 Å². The summed E-state index contributed by atoms with van der Waals surface area (Å²) in [5.41, 5.74) is 0. The minimum Gasteiger partial charge on any atom is -0.369 e. The zero-order valence-electron chi connectivity index (χ0n) is 10.8. The van der Waals surface area contributed by atoms with Gasteiger partial charge in [-0.2, -0.15) is 0 Å². The highest BCUT2D eigenvalue weighted by Gasteiger charge is 2.24. The van der Waals surface area contributed by atoms with E-state index in [1.165, 1.54) is 12.8 Å². The summed E-state index contributed by atoms with van der Waals surface area (Å²) in [7, 11) is 0. The van der Waals surface area contributed by atoms with Crippen molar-refractivity contribution in [2.75, 3.05) is 29.9 Å². The molecule has 0 amide bonds. The van der Waals surface area contributed by atoms with Crippen molar-refractivity contribution in [3.8, 4) is 0 Å². The molecule has 0 bridgehead atoms. The van der Waals surface area contributed by atoms with E-state index < -0.39 is 0 Å². The van der Waals surface area contributed by atoms with Crippen molar-refractivity contribution >= 4 is 11.6 Å². The summed E-state index contributed by atoms with van der Waals surface area (Å²) in [6.07, 6.45) is 7.56. The van der Waals surface area contributed by atoms with Gasteiger partial charge in [-0.25, -0.2) is 4.98 Å². The Labute approximate surface area is 103 Å². The van der Waals surface area contributed by atoms with Gasteiger partial charge in [0.2, 0.25) is 0 Å². The first-order chi connectivity index (χ1) is 8.33. The van der Waals surface area contributed by atoms with Gasteiger partial charge in [0.1, 0.15) is 11.6 Å². The second kappa shape index (κ2) is 5.84. The van der Waals surface area contributed by atoms with Crippen molar-refractivity contribution in [3.63, 3.8) is 0 Å². The minimum atomic E-state index is 0.877. The van der Waals surface area contributed by atoms with Crippen LogP contribution in [0.15, 0.2) is 12.4 Å². The van der Waals surface area contributed by atoms with Crippen molar-refractivity contribution in [1.82, 2.24) is 9.97 Å². The van der Waals surface area contributed by atoms with Crippen LogP contribution in [0.5, 0.6) is 0 Å². The Morgan fingerprint density at radius 1 is 1.35 bits per heavy atom. The summed E-state index contributed by atoms with van der Waals surface area (Å²) in [5.74, 6) is 2.77. The second-order valence-electron chi connectivity index (χ2n) is 4.68. The normalized spacial score (nSPS) is 14.7. The van der Waals surface area contributed by atoms with Gasteiger partial charge in [0.05, 0.1) is 12.4 Å². The fraction of sp³-hybridized carbons (Fsp3) is 0.692. The van der Waals surface area contributed by atoms with Gasteiger partial charge >= 0.3 is 0 Å². The van der Waals surface area contributed by atoms with Crippen LogP contribution in [0, 0.1) is 5.92 Å². The summed E-state index contributed by atoms with van der Waals surface area (Å²) < 4.78 is 0. The summed E-state index contributed by atoms with van der Waals surface area (Å²) >= 11 is 0. The molecule has 0 spiro atoms. The number of rotatable bonds is 7. The molecule has 0 radical (unpaired) electrons. The van der Waals surface area contributed by atoms with E-state index in [1.807, 2.05) is 6.20 Å². The number of anilines is 2. The highest BCUT2D eigenvalue weighted by Crippen LogP contribution is 2.31. The van der Waals surface area contributed by atoms with Gasteiger partial charge in [-0.15, -0.1) is 0 Å². The van der Waals surface area contributed by atoms with Gasteiger partial charge < -0.3 is 10.2 Å². The topological polar surface area (TPSA) is 41.1 Å². The summed E-state index contributed by atoms with van der Waals surface area (Å²) in [6, 6.07) is 0. The van der Waals surface area contributed by atoms with Crippen molar-refractivity contribution in [1.29, 1.82) is 0 Å². The maximum absolute atomic E-state index is 4.61. The molecule has 1 N–H and O–H groups in total. The predicted molar refractivity (Wildman–Crippen MR) is 71.4 cm³/mol. The average molecular weight is 234 g/mol. The Balaban J connectivity index is 2.06. The van der Waals surface area contributed by atoms with Gasteiger partial charge in [-0.3, -0.25) is 4.98 Å². The van der Waals surface area contributed by atoms with Crippen LogP contribution < -0.4 is 10.2 Å². The lowest BCUT2D eigenvalue weighted by Crippen LogP contribution is -2.27. The molecule has 94 valence electrons. The Hall–Kier alpha value is -1.32. The monoisotopic (exact) mass is 234 g/mol. The highest BCUT2D eigenvalue weighted by molar-refractivity contribution is 5.43. The predicted octanol–water partition coefficient (Wildman–Crippen LogP) is 2.53. The van der Waals surface area contributed by atoms with Crippen molar-refractivity contribution < 1.29 is 0 Å². The molecule has 0 unspecified atom stereocenters. The quantitative estimate of drug-likeness (QED) is 0.787. The maximum Gasteiger partial charge on any atom is 0.149 e. The number of nitrogens with one attached hydrogen (secondary N) is 1. The lowest BCUT2D eigenvalue weighted by Gasteiger charge is -2.23. The Morgan fingerprint density at radius 3 is 2.82 bits per heavy atom. The molecule has 0 aromatic carbocycles. The lowest BCUT2D eigenvalue weighted by molar-refractivity contribution is 0.697. The van der Waals surface area contributed by atoms with Gasteiger partial charge in [0.25, 0.3) is 0 Å². The molecular weight excluding hydrogens is 212 g/mol. The second-order valence-corrected chi connectivity index (χ2v) is 4.68. The van der Waals surface area contributed by atoms with Gasteiger partial charge in [0.15, 0.2) is 0 Å². The average Bonchev–Trinajstić information content (AvgIpc) is 3.13. The van der Waals surface area contributed by atoms with E-state index in [0.29, 0.717) is 0 Å². The zero-order chi connectivity index (χ0) is 12.1. The van der Waals surface area contributed by atoms with Crippen LogP contribution in [0.4, 0.5) is 11.6 Å². The smallest absolute Gasteiger partial charge is 0.149 e. The third-order valence-corrected chi connectivity index (χ3v) is 2.97. The molecule has 0 aliphatic heterocycles. The van der Waals surface area contributed by atoms with Crippen LogP contribution in [-0.4, -0.2) is 29.6 Å². The third-order valence-electron chi connectivity index (χ3n) is 2.97. The maximum atomic E-state index is 4.61. The fourth-order valence-electron chi connectivity index (χ4n) is 1.96. The molecule has 2 rings (SSSR count). The van der Waals surface area contributed by atoms with E-state index in [0.717, 1.165) is 43.6 Å². The largest absolute Gasteiger partial charge is 0.369 e. The fourth-order valence-corrected chi connectivity index (χ4v) is 1.96. The summed E-state index contributed by atoms with van der Waals surface area (Å²) in [5, 5.41) is 3.21. The molecule has 1 aromatic rings. The van der Waals surface area contributed by atoms with E-state index in [-0.39, 0.29) is 0 Å². The molecule has 1 fully saturated rings. The standard InChI is InChI=1S/C13H22N4/c1-3-7-17(10-11-5-6-11)13-9-14-8-12(16-13)15-4-2/h8-9,11H,3-7,10H2,1-2H3,(H,15,16). The minimum absolute atomic E-state index is 0.877. The molecule has 1 saturated carbocycles. The summed E-state index contributed by atoms with van der Waals surface area (Å²) in [6.45, 7) is 7.37. The number of hydrogen-bond acceptors (Lipinski definition) is 4. The Morgan fingerprint density at radius 2 is 2.18 bits per heavy atom. The van der Waals surface area contributed by atoms with E-state index in [2.05, 4.69) is 34.0 Å². The molecule has 1 aromatic heterocycles. The molecule has 0 atom stereocenters. The zero-order valence-corrected chi connectivity index (χ0v) is 10.8. The Kier molecular flexibility index (Phi) is 4.18. The molecular formula is C13H22N4. The number of hydrogen-bond donors (Lipinski definition) is 1. The van der Waals surface area contributed by atoms with E-state index in [4.69, 9.17) is 0 Å². The molecule has 4 nitrogen and oxygen atoms in total. The van der Waals surface area contributed by atoms with Crippen LogP contribution in [-0.2, 0) is 0 Å². The highest BCUT2D eigenvalue weighted by atomic mass is 15.2. The number of aromatic nitrogens is 2. The first-order valence-electron chi connectivity index (χ1n) is 6.64. The molecule has 1 aliphatic carbocycles. The van der Waals surface area contributed by atoms with Crippen molar-refractivity contribution in [2.45, 2.75) is 33.1 Å². The first-order valence-corrected chi connectivity index (χ1v) is 6.64. The SMILES string of the molecule is CCCN(CC1CC1)c1cncc(NCC)n1. The third kappa shape index (κ3) is 3.58.